The van der Waals surface area contributed by atoms with Crippen molar-refractivity contribution in [2.75, 3.05) is 46.0 Å². The molecule has 22 heavy (non-hydrogen) atoms. The normalized spacial score (nSPS) is 22.4. The molecule has 1 N–H and O–H groups in total. The summed E-state index contributed by atoms with van der Waals surface area (Å²) in [6, 6.07) is 7.56. The van der Waals surface area contributed by atoms with Crippen molar-refractivity contribution < 1.29 is 14.3 Å². The van der Waals surface area contributed by atoms with Crippen LogP contribution in [0.25, 0.3) is 0 Å². The molecule has 0 aliphatic carbocycles. The van der Waals surface area contributed by atoms with Crippen LogP contribution in [-0.4, -0.2) is 56.8 Å². The largest absolute Gasteiger partial charge is 0.492 e. The number of benzene rings is 1. The summed E-state index contributed by atoms with van der Waals surface area (Å²) in [5.41, 5.74) is 0.660. The van der Waals surface area contributed by atoms with Gasteiger partial charge in [-0.2, -0.15) is 0 Å². The maximum absolute atomic E-state index is 12.6. The molecule has 2 heterocycles. The van der Waals surface area contributed by atoms with Gasteiger partial charge in [-0.05, 0) is 31.5 Å². The summed E-state index contributed by atoms with van der Waals surface area (Å²) >= 11 is 0. The molecule has 5 nitrogen and oxygen atoms in total. The van der Waals surface area contributed by atoms with E-state index in [9.17, 15) is 4.79 Å². The maximum Gasteiger partial charge on any atom is 0.257 e. The molecule has 2 fully saturated rings. The fraction of sp³-hybridized carbons (Fsp3) is 0.588. The van der Waals surface area contributed by atoms with E-state index in [1.54, 1.807) is 0 Å². The zero-order chi connectivity index (χ0) is 15.2. The fourth-order valence-electron chi connectivity index (χ4n) is 2.98. The first-order valence-electron chi connectivity index (χ1n) is 8.14. The Morgan fingerprint density at radius 2 is 2.14 bits per heavy atom. The smallest absolute Gasteiger partial charge is 0.257 e. The van der Waals surface area contributed by atoms with Gasteiger partial charge in [0.25, 0.3) is 5.91 Å². The van der Waals surface area contributed by atoms with E-state index in [2.05, 4.69) is 5.32 Å². The molecule has 1 aromatic carbocycles. The molecule has 0 bridgehead atoms. The molecule has 0 aromatic heterocycles. The molecule has 0 saturated carbocycles. The molecule has 2 aliphatic rings. The third-order valence-corrected chi connectivity index (χ3v) is 4.29. The Morgan fingerprint density at radius 3 is 2.91 bits per heavy atom. The predicted octanol–water partition coefficient (Wildman–Crippen LogP) is 1.54. The van der Waals surface area contributed by atoms with E-state index in [-0.39, 0.29) is 5.91 Å². The lowest BCUT2D eigenvalue weighted by molar-refractivity contribution is 0.0300. The first-order valence-corrected chi connectivity index (χ1v) is 8.14. The number of piperidine rings is 1. The van der Waals surface area contributed by atoms with Crippen molar-refractivity contribution in [2.45, 2.75) is 12.8 Å². The summed E-state index contributed by atoms with van der Waals surface area (Å²) in [5.74, 6) is 1.27. The van der Waals surface area contributed by atoms with Gasteiger partial charge in [0.1, 0.15) is 5.75 Å². The van der Waals surface area contributed by atoms with Crippen LogP contribution in [0.5, 0.6) is 5.75 Å². The number of nitrogens with one attached hydrogen (secondary N) is 1. The SMILES string of the molecule is O=C(c1ccccc1OC[C@@H]1CCCNC1)N1CCOCC1. The van der Waals surface area contributed by atoms with Gasteiger partial charge in [-0.3, -0.25) is 4.79 Å². The van der Waals surface area contributed by atoms with Crippen molar-refractivity contribution in [2.24, 2.45) is 5.92 Å². The molecular weight excluding hydrogens is 280 g/mol. The Bertz CT molecular complexity index is 494. The van der Waals surface area contributed by atoms with Crippen molar-refractivity contribution in [3.63, 3.8) is 0 Å². The van der Waals surface area contributed by atoms with E-state index in [0.29, 0.717) is 50.1 Å². The first kappa shape index (κ1) is 15.3. The summed E-state index contributed by atoms with van der Waals surface area (Å²) in [6.07, 6.45) is 2.38. The highest BCUT2D eigenvalue weighted by Crippen LogP contribution is 2.22. The molecule has 0 radical (unpaired) electrons. The molecule has 2 saturated heterocycles. The number of hydrogen-bond acceptors (Lipinski definition) is 4. The summed E-state index contributed by atoms with van der Waals surface area (Å²) in [5, 5.41) is 3.39. The number of morpholine rings is 1. The Hall–Kier alpha value is -1.59. The second-order valence-electron chi connectivity index (χ2n) is 5.92. The van der Waals surface area contributed by atoms with Crippen molar-refractivity contribution in [1.82, 2.24) is 10.2 Å². The van der Waals surface area contributed by atoms with Gasteiger partial charge < -0.3 is 19.7 Å². The molecular formula is C17H24N2O3. The zero-order valence-corrected chi connectivity index (χ0v) is 12.9. The average Bonchev–Trinajstić information content (AvgIpc) is 2.61. The van der Waals surface area contributed by atoms with Crippen molar-refractivity contribution >= 4 is 5.91 Å². The van der Waals surface area contributed by atoms with E-state index in [1.807, 2.05) is 29.2 Å². The minimum absolute atomic E-state index is 0.0423. The maximum atomic E-state index is 12.6. The zero-order valence-electron chi connectivity index (χ0n) is 12.9. The summed E-state index contributed by atoms with van der Waals surface area (Å²) in [6.45, 7) is 5.30. The van der Waals surface area contributed by atoms with Crippen LogP contribution in [0, 0.1) is 5.92 Å². The molecule has 120 valence electrons. The number of para-hydroxylation sites is 1. The lowest BCUT2D eigenvalue weighted by atomic mass is 10.0. The van der Waals surface area contributed by atoms with E-state index >= 15 is 0 Å². The Kier molecular flexibility index (Phi) is 5.29. The fourth-order valence-corrected chi connectivity index (χ4v) is 2.98. The Morgan fingerprint density at radius 1 is 1.32 bits per heavy atom. The van der Waals surface area contributed by atoms with Gasteiger partial charge in [0.05, 0.1) is 25.4 Å². The number of carbonyl (C=O) groups is 1. The Balaban J connectivity index is 1.64. The molecule has 0 spiro atoms. The van der Waals surface area contributed by atoms with Crippen molar-refractivity contribution in [3.8, 4) is 5.75 Å². The molecule has 1 amide bonds. The van der Waals surface area contributed by atoms with Gasteiger partial charge in [-0.15, -0.1) is 0 Å². The molecule has 3 rings (SSSR count). The third-order valence-electron chi connectivity index (χ3n) is 4.29. The summed E-state index contributed by atoms with van der Waals surface area (Å²) < 4.78 is 11.3. The standard InChI is InChI=1S/C17H24N2O3/c20-17(19-8-10-21-11-9-19)15-5-1-2-6-16(15)22-13-14-4-3-7-18-12-14/h1-2,5-6,14,18H,3-4,7-13H2/t14-/m1/s1. The van der Waals surface area contributed by atoms with E-state index < -0.39 is 0 Å². The number of carbonyl (C=O) groups excluding carboxylic acids is 1. The van der Waals surface area contributed by atoms with Gasteiger partial charge in [0.15, 0.2) is 0 Å². The van der Waals surface area contributed by atoms with Crippen molar-refractivity contribution in [1.29, 1.82) is 0 Å². The van der Waals surface area contributed by atoms with Gasteiger partial charge in [-0.25, -0.2) is 0 Å². The quantitative estimate of drug-likeness (QED) is 0.917. The first-order chi connectivity index (χ1) is 10.8. The molecule has 1 atom stereocenters. The van der Waals surface area contributed by atoms with Crippen LogP contribution in [0.4, 0.5) is 0 Å². The van der Waals surface area contributed by atoms with E-state index in [4.69, 9.17) is 9.47 Å². The van der Waals surface area contributed by atoms with E-state index in [0.717, 1.165) is 13.1 Å². The summed E-state index contributed by atoms with van der Waals surface area (Å²) in [4.78, 5) is 14.5. The van der Waals surface area contributed by atoms with Crippen LogP contribution in [-0.2, 0) is 4.74 Å². The molecule has 5 heteroatoms. The second kappa shape index (κ2) is 7.61. The highest BCUT2D eigenvalue weighted by Gasteiger charge is 2.22. The van der Waals surface area contributed by atoms with Gasteiger partial charge in [-0.1, -0.05) is 12.1 Å². The number of rotatable bonds is 4. The number of nitrogens with zero attached hydrogens (tertiary/aromatic N) is 1. The average molecular weight is 304 g/mol. The van der Waals surface area contributed by atoms with Crippen LogP contribution in [0.1, 0.15) is 23.2 Å². The van der Waals surface area contributed by atoms with Crippen molar-refractivity contribution in [3.05, 3.63) is 29.8 Å². The Labute approximate surface area is 131 Å². The predicted molar refractivity (Wildman–Crippen MR) is 84.3 cm³/mol. The molecule has 2 aliphatic heterocycles. The van der Waals surface area contributed by atoms with E-state index in [1.165, 1.54) is 12.8 Å². The lowest BCUT2D eigenvalue weighted by Crippen LogP contribution is -2.40. The van der Waals surface area contributed by atoms with Crippen LogP contribution in [0.15, 0.2) is 24.3 Å². The second-order valence-corrected chi connectivity index (χ2v) is 5.92. The van der Waals surface area contributed by atoms with Crippen LogP contribution < -0.4 is 10.1 Å². The monoisotopic (exact) mass is 304 g/mol. The van der Waals surface area contributed by atoms with Gasteiger partial charge >= 0.3 is 0 Å². The molecule has 0 unspecified atom stereocenters. The van der Waals surface area contributed by atoms with Gasteiger partial charge in [0.2, 0.25) is 0 Å². The number of ether oxygens (including phenoxy) is 2. The summed E-state index contributed by atoms with van der Waals surface area (Å²) in [7, 11) is 0. The lowest BCUT2D eigenvalue weighted by Gasteiger charge is -2.28. The number of amides is 1. The van der Waals surface area contributed by atoms with Crippen LogP contribution in [0.3, 0.4) is 0 Å². The highest BCUT2D eigenvalue weighted by molar-refractivity contribution is 5.97. The van der Waals surface area contributed by atoms with Crippen LogP contribution in [0.2, 0.25) is 0 Å². The highest BCUT2D eigenvalue weighted by atomic mass is 16.5. The minimum Gasteiger partial charge on any atom is -0.492 e. The third kappa shape index (κ3) is 3.78. The topological polar surface area (TPSA) is 50.8 Å². The minimum atomic E-state index is 0.0423. The van der Waals surface area contributed by atoms with Gasteiger partial charge in [0, 0.05) is 25.6 Å². The number of hydrogen-bond donors (Lipinski definition) is 1. The molecule has 1 aromatic rings. The van der Waals surface area contributed by atoms with Crippen LogP contribution >= 0.6 is 0 Å².